The summed E-state index contributed by atoms with van der Waals surface area (Å²) in [6.45, 7) is 0. The molecule has 0 fully saturated rings. The summed E-state index contributed by atoms with van der Waals surface area (Å²) < 4.78 is 54.2. The van der Waals surface area contributed by atoms with Crippen molar-refractivity contribution < 1.29 is 21.6 Å². The van der Waals surface area contributed by atoms with E-state index < -0.39 is 27.7 Å². The van der Waals surface area contributed by atoms with Gasteiger partial charge in [-0.05, 0) is 0 Å². The van der Waals surface area contributed by atoms with E-state index in [9.17, 15) is 21.6 Å². The molecule has 0 radical (unpaired) electrons. The monoisotopic (exact) mass is 196 g/mol. The van der Waals surface area contributed by atoms with Gasteiger partial charge in [0.25, 0.3) is 10.2 Å². The molecule has 0 amide bonds. The Balaban J connectivity index is 3.79. The standard InChI is InChI=1S/CH3F3N2O2S2/c2-1(3,4)9-6-10(5,7)8/h6H,(H2,5,7,8). The summed E-state index contributed by atoms with van der Waals surface area (Å²) >= 11 is -0.922. The molecule has 4 nitrogen and oxygen atoms in total. The van der Waals surface area contributed by atoms with Crippen LogP contribution in [0.15, 0.2) is 0 Å². The summed E-state index contributed by atoms with van der Waals surface area (Å²) in [6, 6.07) is 0. The van der Waals surface area contributed by atoms with Crippen LogP contribution in [0.3, 0.4) is 0 Å². The molecule has 0 aliphatic rings. The van der Waals surface area contributed by atoms with Crippen molar-refractivity contribution in [1.29, 1.82) is 0 Å². The highest BCUT2D eigenvalue weighted by Crippen LogP contribution is 2.27. The molecule has 0 rings (SSSR count). The van der Waals surface area contributed by atoms with Gasteiger partial charge in [0.05, 0.1) is 0 Å². The van der Waals surface area contributed by atoms with Gasteiger partial charge < -0.3 is 0 Å². The van der Waals surface area contributed by atoms with Crippen LogP contribution in [0, 0.1) is 0 Å². The first-order valence-corrected chi connectivity index (χ1v) is 4.11. The van der Waals surface area contributed by atoms with Crippen molar-refractivity contribution in [3.05, 3.63) is 0 Å². The topological polar surface area (TPSA) is 72.2 Å². The van der Waals surface area contributed by atoms with Crippen LogP contribution < -0.4 is 9.27 Å². The second-order valence-electron chi connectivity index (χ2n) is 1.18. The lowest BCUT2D eigenvalue weighted by Gasteiger charge is -2.03. The summed E-state index contributed by atoms with van der Waals surface area (Å²) in [7, 11) is -4.26. The van der Waals surface area contributed by atoms with Gasteiger partial charge in [-0.1, -0.05) is 0 Å². The van der Waals surface area contributed by atoms with E-state index in [0.717, 1.165) is 4.13 Å². The summed E-state index contributed by atoms with van der Waals surface area (Å²) in [5.41, 5.74) is -4.65. The van der Waals surface area contributed by atoms with Crippen LogP contribution in [0.25, 0.3) is 0 Å². The Kier molecular flexibility index (Phi) is 2.95. The van der Waals surface area contributed by atoms with Gasteiger partial charge in [-0.25, -0.2) is 5.14 Å². The van der Waals surface area contributed by atoms with Gasteiger partial charge in [-0.15, -0.1) is 4.13 Å². The van der Waals surface area contributed by atoms with Crippen LogP contribution in [-0.4, -0.2) is 13.9 Å². The molecule has 0 aliphatic carbocycles. The lowest BCUT2D eigenvalue weighted by atomic mass is 11.6. The van der Waals surface area contributed by atoms with E-state index in [1.54, 1.807) is 0 Å². The van der Waals surface area contributed by atoms with Crippen LogP contribution in [0.4, 0.5) is 13.2 Å². The van der Waals surface area contributed by atoms with Gasteiger partial charge in [-0.2, -0.15) is 21.6 Å². The van der Waals surface area contributed by atoms with Crippen molar-refractivity contribution in [2.75, 3.05) is 0 Å². The zero-order valence-electron chi connectivity index (χ0n) is 4.34. The normalized spacial score (nSPS) is 13.6. The fourth-order valence-corrected chi connectivity index (χ4v) is 0.948. The fraction of sp³-hybridized carbons (Fsp3) is 1.00. The minimum absolute atomic E-state index is 0.922. The van der Waals surface area contributed by atoms with Gasteiger partial charge in [0.1, 0.15) is 0 Å². The minimum Gasteiger partial charge on any atom is -0.215 e. The van der Waals surface area contributed by atoms with Crippen LogP contribution >= 0.6 is 11.9 Å². The maximum absolute atomic E-state index is 11.2. The summed E-state index contributed by atoms with van der Waals surface area (Å²) in [4.78, 5) is 0. The number of hydrogen-bond acceptors (Lipinski definition) is 3. The van der Waals surface area contributed by atoms with E-state index in [1.165, 1.54) is 0 Å². The first-order valence-electron chi connectivity index (χ1n) is 1.75. The second kappa shape index (κ2) is 2.95. The molecule has 0 atom stereocenters. The molecule has 62 valence electrons. The number of nitrogens with one attached hydrogen (secondary N) is 1. The Morgan fingerprint density at radius 2 is 1.80 bits per heavy atom. The molecule has 0 aromatic carbocycles. The van der Waals surface area contributed by atoms with Gasteiger partial charge in [-0.3, -0.25) is 0 Å². The summed E-state index contributed by atoms with van der Waals surface area (Å²) in [5, 5.41) is 4.18. The van der Waals surface area contributed by atoms with Crippen LogP contribution in [0.1, 0.15) is 0 Å². The third kappa shape index (κ3) is 8.01. The lowest BCUT2D eigenvalue weighted by Crippen LogP contribution is -2.28. The molecule has 9 heteroatoms. The largest absolute Gasteiger partial charge is 0.457 e. The zero-order valence-corrected chi connectivity index (χ0v) is 5.98. The average Bonchev–Trinajstić information content (AvgIpc) is 1.57. The second-order valence-corrected chi connectivity index (χ2v) is 3.60. The third-order valence-corrected chi connectivity index (χ3v) is 1.77. The van der Waals surface area contributed by atoms with Crippen LogP contribution in [0.5, 0.6) is 0 Å². The molecular formula is CH3F3N2O2S2. The van der Waals surface area contributed by atoms with E-state index in [-0.39, 0.29) is 0 Å². The van der Waals surface area contributed by atoms with Crippen molar-refractivity contribution in [2.24, 2.45) is 5.14 Å². The highest BCUT2D eigenvalue weighted by molar-refractivity contribution is 8.08. The van der Waals surface area contributed by atoms with E-state index in [0.29, 0.717) is 0 Å². The quantitative estimate of drug-likeness (QED) is 0.608. The number of alkyl halides is 3. The molecule has 0 aromatic rings. The molecule has 0 spiro atoms. The molecule has 3 N–H and O–H groups in total. The number of rotatable bonds is 2. The third-order valence-electron chi connectivity index (χ3n) is 0.274. The minimum atomic E-state index is -4.65. The molecule has 0 unspecified atom stereocenters. The molecule has 0 saturated carbocycles. The highest BCUT2D eigenvalue weighted by atomic mass is 32.3. The van der Waals surface area contributed by atoms with Crippen LogP contribution in [-0.2, 0) is 10.2 Å². The average molecular weight is 196 g/mol. The molecule has 0 aromatic heterocycles. The summed E-state index contributed by atoms with van der Waals surface area (Å²) in [5.74, 6) is 0. The van der Waals surface area contributed by atoms with E-state index in [4.69, 9.17) is 0 Å². The van der Waals surface area contributed by atoms with Gasteiger partial charge in [0, 0.05) is 11.9 Å². The Bertz CT molecular complexity index is 195. The number of hydrogen-bond donors (Lipinski definition) is 2. The maximum atomic E-state index is 11.2. The van der Waals surface area contributed by atoms with Gasteiger partial charge in [0.15, 0.2) is 0 Å². The van der Waals surface area contributed by atoms with Gasteiger partial charge in [0.2, 0.25) is 0 Å². The predicted molar refractivity (Wildman–Crippen MR) is 29.9 cm³/mol. The van der Waals surface area contributed by atoms with Crippen molar-refractivity contribution in [3.63, 3.8) is 0 Å². The predicted octanol–water partition coefficient (Wildman–Crippen LogP) is -0.0525. The Hall–Kier alpha value is 0.01000. The molecule has 10 heavy (non-hydrogen) atoms. The smallest absolute Gasteiger partial charge is 0.215 e. The molecular weight excluding hydrogens is 193 g/mol. The van der Waals surface area contributed by atoms with Gasteiger partial charge >= 0.3 is 5.51 Å². The molecule has 0 heterocycles. The van der Waals surface area contributed by atoms with E-state index in [1.807, 2.05) is 0 Å². The zero-order chi connectivity index (χ0) is 8.41. The molecule has 0 aliphatic heterocycles. The van der Waals surface area contributed by atoms with Crippen molar-refractivity contribution in [2.45, 2.75) is 5.51 Å². The fourth-order valence-electron chi connectivity index (χ4n) is 0.105. The number of halogens is 3. The lowest BCUT2D eigenvalue weighted by molar-refractivity contribution is -0.0331. The number of nitrogens with two attached hydrogens (primary N) is 1. The Morgan fingerprint density at radius 3 is 1.90 bits per heavy atom. The highest BCUT2D eigenvalue weighted by Gasteiger charge is 2.30. The van der Waals surface area contributed by atoms with Crippen molar-refractivity contribution in [1.82, 2.24) is 4.13 Å². The Labute approximate surface area is 59.3 Å². The Morgan fingerprint density at radius 1 is 1.40 bits per heavy atom. The van der Waals surface area contributed by atoms with Crippen molar-refractivity contribution in [3.8, 4) is 0 Å². The van der Waals surface area contributed by atoms with E-state index in [2.05, 4.69) is 5.14 Å². The molecule has 0 saturated heterocycles. The molecule has 0 bridgehead atoms. The van der Waals surface area contributed by atoms with Crippen LogP contribution in [0.2, 0.25) is 0 Å². The van der Waals surface area contributed by atoms with E-state index >= 15 is 0 Å². The maximum Gasteiger partial charge on any atom is 0.457 e. The van der Waals surface area contributed by atoms with Crippen molar-refractivity contribution >= 4 is 22.2 Å². The summed E-state index contributed by atoms with van der Waals surface area (Å²) in [6.07, 6.45) is 0. The first kappa shape index (κ1) is 10.0. The first-order chi connectivity index (χ1) is 4.21. The SMILES string of the molecule is NS(=O)(=O)NSC(F)(F)F.